The third kappa shape index (κ3) is 1.90. The second-order valence-electron chi connectivity index (χ2n) is 2.94. The van der Waals surface area contributed by atoms with Crippen LogP contribution in [0.15, 0.2) is 12.1 Å². The molecule has 0 aliphatic heterocycles. The predicted molar refractivity (Wildman–Crippen MR) is 54.8 cm³/mol. The van der Waals surface area contributed by atoms with Crippen molar-refractivity contribution in [3.8, 4) is 0 Å². The van der Waals surface area contributed by atoms with Crippen LogP contribution in [0.2, 0.25) is 0 Å². The quantitative estimate of drug-likeness (QED) is 0.579. The second kappa shape index (κ2) is 3.91. The molecule has 0 amide bonds. The number of pyridine rings is 1. The number of nitrogens with zero attached hydrogens (tertiary/aromatic N) is 3. The molecule has 0 saturated carbocycles. The Hall–Kier alpha value is -1.85. The topological polar surface area (TPSA) is 71.3 Å². The highest BCUT2D eigenvalue weighted by Gasteiger charge is 2.16. The zero-order chi connectivity index (χ0) is 10.7. The maximum atomic E-state index is 10.6. The normalized spacial score (nSPS) is 9.64. The fraction of sp³-hybridized carbons (Fsp3) is 0.375. The van der Waals surface area contributed by atoms with E-state index in [4.69, 9.17) is 0 Å². The van der Waals surface area contributed by atoms with Gasteiger partial charge in [-0.05, 0) is 6.07 Å². The molecule has 0 bridgehead atoms. The van der Waals surface area contributed by atoms with Crippen molar-refractivity contribution < 1.29 is 4.92 Å². The van der Waals surface area contributed by atoms with Crippen molar-refractivity contribution in [2.45, 2.75) is 0 Å². The third-order valence-corrected chi connectivity index (χ3v) is 1.73. The monoisotopic (exact) mass is 196 g/mol. The van der Waals surface area contributed by atoms with E-state index in [1.54, 1.807) is 32.1 Å². The van der Waals surface area contributed by atoms with Crippen molar-refractivity contribution in [3.05, 3.63) is 22.2 Å². The van der Waals surface area contributed by atoms with Gasteiger partial charge in [0, 0.05) is 27.2 Å². The van der Waals surface area contributed by atoms with Crippen molar-refractivity contribution in [3.63, 3.8) is 0 Å². The van der Waals surface area contributed by atoms with Crippen LogP contribution in [0.25, 0.3) is 0 Å². The van der Waals surface area contributed by atoms with Gasteiger partial charge in [0.05, 0.1) is 4.92 Å². The Labute approximate surface area is 81.7 Å². The van der Waals surface area contributed by atoms with E-state index in [0.29, 0.717) is 11.6 Å². The third-order valence-electron chi connectivity index (χ3n) is 1.73. The molecule has 1 aromatic rings. The molecule has 1 rings (SSSR count). The largest absolute Gasteiger partial charge is 0.373 e. The average Bonchev–Trinajstić information content (AvgIpc) is 2.16. The van der Waals surface area contributed by atoms with Crippen molar-refractivity contribution in [1.29, 1.82) is 0 Å². The Kier molecular flexibility index (Phi) is 2.85. The summed E-state index contributed by atoms with van der Waals surface area (Å²) in [6, 6.07) is 3.01. The molecule has 1 N–H and O–H groups in total. The minimum Gasteiger partial charge on any atom is -0.373 e. The van der Waals surface area contributed by atoms with Crippen LogP contribution in [0.4, 0.5) is 17.3 Å². The van der Waals surface area contributed by atoms with Crippen LogP contribution in [0.3, 0.4) is 0 Å². The fourth-order valence-electron chi connectivity index (χ4n) is 1.05. The highest BCUT2D eigenvalue weighted by molar-refractivity contribution is 5.60. The summed E-state index contributed by atoms with van der Waals surface area (Å²) in [5, 5.41) is 13.5. The molecule has 0 saturated heterocycles. The van der Waals surface area contributed by atoms with Crippen LogP contribution < -0.4 is 10.2 Å². The lowest BCUT2D eigenvalue weighted by Crippen LogP contribution is -2.13. The van der Waals surface area contributed by atoms with Gasteiger partial charge in [-0.25, -0.2) is 4.98 Å². The first kappa shape index (κ1) is 10.2. The smallest absolute Gasteiger partial charge is 0.311 e. The number of nitro groups is 1. The van der Waals surface area contributed by atoms with Crippen molar-refractivity contribution >= 4 is 17.3 Å². The summed E-state index contributed by atoms with van der Waals surface area (Å²) in [7, 11) is 5.15. The summed E-state index contributed by atoms with van der Waals surface area (Å²) < 4.78 is 0. The van der Waals surface area contributed by atoms with Crippen molar-refractivity contribution in [2.75, 3.05) is 31.4 Å². The Morgan fingerprint density at radius 3 is 2.57 bits per heavy atom. The van der Waals surface area contributed by atoms with Gasteiger partial charge in [-0.2, -0.15) is 0 Å². The van der Waals surface area contributed by atoms with E-state index in [-0.39, 0.29) is 5.69 Å². The lowest BCUT2D eigenvalue weighted by Gasteiger charge is -2.12. The lowest BCUT2D eigenvalue weighted by molar-refractivity contribution is -0.384. The molecule has 1 aromatic heterocycles. The summed E-state index contributed by atoms with van der Waals surface area (Å²) in [6.07, 6.45) is 0. The Balaban J connectivity index is 3.24. The first-order valence-electron chi connectivity index (χ1n) is 4.06. The maximum Gasteiger partial charge on any atom is 0.311 e. The zero-order valence-corrected chi connectivity index (χ0v) is 8.31. The maximum absolute atomic E-state index is 10.6. The van der Waals surface area contributed by atoms with Gasteiger partial charge in [-0.15, -0.1) is 0 Å². The van der Waals surface area contributed by atoms with Crippen LogP contribution in [-0.4, -0.2) is 31.1 Å². The number of anilines is 2. The number of rotatable bonds is 3. The van der Waals surface area contributed by atoms with Gasteiger partial charge in [0.25, 0.3) is 0 Å². The lowest BCUT2D eigenvalue weighted by atomic mass is 10.3. The number of hydrogen-bond acceptors (Lipinski definition) is 5. The molecule has 1 heterocycles. The molecule has 0 aliphatic rings. The van der Waals surface area contributed by atoms with E-state index < -0.39 is 4.92 Å². The van der Waals surface area contributed by atoms with Gasteiger partial charge in [0.2, 0.25) is 5.82 Å². The van der Waals surface area contributed by atoms with Gasteiger partial charge < -0.3 is 10.2 Å². The van der Waals surface area contributed by atoms with Gasteiger partial charge >= 0.3 is 5.69 Å². The first-order chi connectivity index (χ1) is 6.56. The van der Waals surface area contributed by atoms with E-state index >= 15 is 0 Å². The molecule has 76 valence electrons. The first-order valence-corrected chi connectivity index (χ1v) is 4.06. The highest BCUT2D eigenvalue weighted by atomic mass is 16.6. The fourth-order valence-corrected chi connectivity index (χ4v) is 1.05. The van der Waals surface area contributed by atoms with Crippen molar-refractivity contribution in [2.24, 2.45) is 0 Å². The number of hydrogen-bond donors (Lipinski definition) is 1. The summed E-state index contributed by atoms with van der Waals surface area (Å²) >= 11 is 0. The molecule has 0 atom stereocenters. The minimum absolute atomic E-state index is 0.00833. The highest BCUT2D eigenvalue weighted by Crippen LogP contribution is 2.25. The van der Waals surface area contributed by atoms with E-state index in [2.05, 4.69) is 10.3 Å². The van der Waals surface area contributed by atoms with Gasteiger partial charge in [0.15, 0.2) is 0 Å². The molecule has 14 heavy (non-hydrogen) atoms. The Morgan fingerprint density at radius 1 is 1.50 bits per heavy atom. The van der Waals surface area contributed by atoms with Gasteiger partial charge in [-0.3, -0.25) is 10.1 Å². The van der Waals surface area contributed by atoms with Gasteiger partial charge in [-0.1, -0.05) is 0 Å². The number of aromatic nitrogens is 1. The van der Waals surface area contributed by atoms with Crippen molar-refractivity contribution in [1.82, 2.24) is 4.98 Å². The predicted octanol–water partition coefficient (Wildman–Crippen LogP) is 1.10. The van der Waals surface area contributed by atoms with Crippen LogP contribution in [0.5, 0.6) is 0 Å². The van der Waals surface area contributed by atoms with E-state index in [9.17, 15) is 10.1 Å². The standard InChI is InChI=1S/C8H12N4O2/c1-9-7-5-4-6(12(13)14)8(10-7)11(2)3/h4-5H,1-3H3,(H,9,10). The number of nitrogens with one attached hydrogen (secondary N) is 1. The molecule has 0 aliphatic carbocycles. The molecular weight excluding hydrogens is 184 g/mol. The summed E-state index contributed by atoms with van der Waals surface area (Å²) in [5.74, 6) is 0.959. The Morgan fingerprint density at radius 2 is 2.14 bits per heavy atom. The van der Waals surface area contributed by atoms with Gasteiger partial charge in [0.1, 0.15) is 5.82 Å². The minimum atomic E-state index is -0.443. The van der Waals surface area contributed by atoms with E-state index in [1.807, 2.05) is 0 Å². The summed E-state index contributed by atoms with van der Waals surface area (Å²) in [5.41, 5.74) is 0.00833. The Bertz CT molecular complexity index is 351. The van der Waals surface area contributed by atoms with Crippen LogP contribution >= 0.6 is 0 Å². The van der Waals surface area contributed by atoms with Crippen LogP contribution in [0.1, 0.15) is 0 Å². The second-order valence-corrected chi connectivity index (χ2v) is 2.94. The molecule has 0 spiro atoms. The molecule has 0 radical (unpaired) electrons. The molecule has 6 heteroatoms. The van der Waals surface area contributed by atoms with E-state index in [0.717, 1.165) is 0 Å². The van der Waals surface area contributed by atoms with Crippen LogP contribution in [0, 0.1) is 10.1 Å². The molecular formula is C8H12N4O2. The molecule has 6 nitrogen and oxygen atoms in total. The SMILES string of the molecule is CNc1ccc([N+](=O)[O-])c(N(C)C)n1. The molecule has 0 fully saturated rings. The zero-order valence-electron chi connectivity index (χ0n) is 8.31. The summed E-state index contributed by atoms with van der Waals surface area (Å²) in [6.45, 7) is 0. The van der Waals surface area contributed by atoms with E-state index in [1.165, 1.54) is 6.07 Å². The average molecular weight is 196 g/mol. The summed E-state index contributed by atoms with van der Waals surface area (Å²) in [4.78, 5) is 15.9. The molecule has 0 aromatic carbocycles. The molecule has 0 unspecified atom stereocenters. The van der Waals surface area contributed by atoms with Crippen LogP contribution in [-0.2, 0) is 0 Å².